The third kappa shape index (κ3) is 7.89. The summed E-state index contributed by atoms with van der Waals surface area (Å²) in [5.74, 6) is -0.0924. The molecule has 0 fully saturated rings. The first-order valence-electron chi connectivity index (χ1n) is 8.43. The van der Waals surface area contributed by atoms with E-state index in [2.05, 4.69) is 31.2 Å². The van der Waals surface area contributed by atoms with Crippen LogP contribution in [0.2, 0.25) is 0 Å². The molecule has 0 saturated heterocycles. The lowest BCUT2D eigenvalue weighted by Gasteiger charge is -2.12. The zero-order valence-corrected chi connectivity index (χ0v) is 13.9. The minimum Gasteiger partial charge on any atom is -0.463 e. The van der Waals surface area contributed by atoms with Gasteiger partial charge in [0.15, 0.2) is 0 Å². The van der Waals surface area contributed by atoms with E-state index in [4.69, 9.17) is 4.74 Å². The fourth-order valence-electron chi connectivity index (χ4n) is 2.38. The number of carbonyl (C=O) groups is 1. The summed E-state index contributed by atoms with van der Waals surface area (Å²) in [5, 5.41) is 0. The predicted molar refractivity (Wildman–Crippen MR) is 88.5 cm³/mol. The summed E-state index contributed by atoms with van der Waals surface area (Å²) in [4.78, 5) is 11.2. The van der Waals surface area contributed by atoms with Gasteiger partial charge in [-0.15, -0.1) is 0 Å². The number of hydrogen-bond acceptors (Lipinski definition) is 2. The number of benzene rings is 1. The molecule has 118 valence electrons. The molecule has 0 bridgehead atoms. The topological polar surface area (TPSA) is 26.3 Å². The zero-order valence-electron chi connectivity index (χ0n) is 13.9. The number of carbonyl (C=O) groups excluding carboxylic acids is 1. The summed E-state index contributed by atoms with van der Waals surface area (Å²) in [5.41, 5.74) is 2.86. The molecule has 0 aliphatic carbocycles. The van der Waals surface area contributed by atoms with Crippen LogP contribution in [-0.2, 0) is 22.4 Å². The van der Waals surface area contributed by atoms with E-state index in [1.54, 1.807) is 0 Å². The van der Waals surface area contributed by atoms with Crippen molar-refractivity contribution in [3.05, 3.63) is 35.4 Å². The molecule has 1 aromatic rings. The molecule has 0 radical (unpaired) electrons. The molecule has 0 aliphatic heterocycles. The maximum absolute atomic E-state index is 11.2. The predicted octanol–water partition coefficient (Wildman–Crippen LogP) is 5.08. The van der Waals surface area contributed by atoms with Gasteiger partial charge < -0.3 is 4.74 Å². The van der Waals surface area contributed by atoms with E-state index in [1.807, 2.05) is 13.8 Å². The van der Waals surface area contributed by atoms with Gasteiger partial charge >= 0.3 is 5.97 Å². The van der Waals surface area contributed by atoms with Gasteiger partial charge in [0, 0.05) is 6.42 Å². The average molecular weight is 290 g/mol. The Kier molecular flexibility index (Phi) is 8.80. The summed E-state index contributed by atoms with van der Waals surface area (Å²) >= 11 is 0. The highest BCUT2D eigenvalue weighted by Crippen LogP contribution is 2.12. The van der Waals surface area contributed by atoms with Crippen LogP contribution in [0.25, 0.3) is 0 Å². The second-order valence-electron chi connectivity index (χ2n) is 5.82. The Bertz CT molecular complexity index is 395. The smallest absolute Gasteiger partial charge is 0.305 e. The van der Waals surface area contributed by atoms with E-state index in [9.17, 15) is 4.79 Å². The van der Waals surface area contributed by atoms with Crippen molar-refractivity contribution in [2.45, 2.75) is 78.2 Å². The third-order valence-electron chi connectivity index (χ3n) is 3.79. The first-order valence-corrected chi connectivity index (χ1v) is 8.43. The Morgan fingerprint density at radius 2 is 1.57 bits per heavy atom. The molecule has 21 heavy (non-hydrogen) atoms. The fourth-order valence-corrected chi connectivity index (χ4v) is 2.38. The Labute approximate surface area is 129 Å². The normalized spacial score (nSPS) is 12.1. The minimum absolute atomic E-state index is 0.0499. The molecule has 1 aromatic carbocycles. The highest BCUT2D eigenvalue weighted by atomic mass is 16.5. The van der Waals surface area contributed by atoms with Crippen molar-refractivity contribution in [3.63, 3.8) is 0 Å². The van der Waals surface area contributed by atoms with Crippen LogP contribution >= 0.6 is 0 Å². The average Bonchev–Trinajstić information content (AvgIpc) is 2.50. The Hall–Kier alpha value is -1.31. The Morgan fingerprint density at radius 1 is 1.00 bits per heavy atom. The second-order valence-corrected chi connectivity index (χ2v) is 5.82. The van der Waals surface area contributed by atoms with Gasteiger partial charge in [-0.1, -0.05) is 44.5 Å². The van der Waals surface area contributed by atoms with Gasteiger partial charge in [-0.25, -0.2) is 0 Å². The molecule has 0 heterocycles. The molecule has 1 unspecified atom stereocenters. The van der Waals surface area contributed by atoms with E-state index in [-0.39, 0.29) is 12.1 Å². The number of rotatable bonds is 10. The highest BCUT2D eigenvalue weighted by Gasteiger charge is 2.06. The van der Waals surface area contributed by atoms with Gasteiger partial charge in [-0.3, -0.25) is 4.79 Å². The summed E-state index contributed by atoms with van der Waals surface area (Å²) in [6.45, 7) is 6.04. The van der Waals surface area contributed by atoms with Gasteiger partial charge in [0.2, 0.25) is 0 Å². The van der Waals surface area contributed by atoms with Crippen molar-refractivity contribution in [1.29, 1.82) is 0 Å². The van der Waals surface area contributed by atoms with Crippen LogP contribution in [0.15, 0.2) is 24.3 Å². The van der Waals surface area contributed by atoms with Gasteiger partial charge in [-0.05, 0) is 56.6 Å². The Balaban J connectivity index is 2.19. The van der Waals surface area contributed by atoms with E-state index in [0.29, 0.717) is 6.42 Å². The third-order valence-corrected chi connectivity index (χ3v) is 3.79. The van der Waals surface area contributed by atoms with E-state index >= 15 is 0 Å². The van der Waals surface area contributed by atoms with E-state index in [0.717, 1.165) is 25.7 Å². The first kappa shape index (κ1) is 17.7. The molecule has 0 aromatic heterocycles. The number of unbranched alkanes of at least 4 members (excludes halogenated alkanes) is 2. The number of hydrogen-bond donors (Lipinski definition) is 0. The molecule has 0 amide bonds. The molecular weight excluding hydrogens is 260 g/mol. The van der Waals surface area contributed by atoms with E-state index in [1.165, 1.54) is 30.4 Å². The first-order chi connectivity index (χ1) is 10.2. The SMILES string of the molecule is CCCCc1ccc(CCCCC(C)OC(=O)CC)cc1. The fraction of sp³-hybridized carbons (Fsp3) is 0.632. The number of aryl methyl sites for hydroxylation is 2. The molecule has 1 atom stereocenters. The standard InChI is InChI=1S/C19H30O2/c1-4-6-10-17-12-14-18(15-13-17)11-8-7-9-16(3)21-19(20)5-2/h12-16H,4-11H2,1-3H3. The quantitative estimate of drug-likeness (QED) is 0.443. The van der Waals surface area contributed by atoms with Gasteiger partial charge in [0.1, 0.15) is 0 Å². The van der Waals surface area contributed by atoms with Gasteiger partial charge in [0.05, 0.1) is 6.10 Å². The lowest BCUT2D eigenvalue weighted by Crippen LogP contribution is -2.13. The maximum Gasteiger partial charge on any atom is 0.305 e. The van der Waals surface area contributed by atoms with Crippen LogP contribution in [0, 0.1) is 0 Å². The lowest BCUT2D eigenvalue weighted by atomic mass is 10.0. The van der Waals surface area contributed by atoms with Crippen LogP contribution in [0.3, 0.4) is 0 Å². The maximum atomic E-state index is 11.2. The van der Waals surface area contributed by atoms with Crippen LogP contribution in [0.5, 0.6) is 0 Å². The lowest BCUT2D eigenvalue weighted by molar-refractivity contribution is -0.148. The molecule has 2 nitrogen and oxygen atoms in total. The minimum atomic E-state index is -0.0924. The van der Waals surface area contributed by atoms with Crippen LogP contribution in [0.1, 0.15) is 70.4 Å². The zero-order chi connectivity index (χ0) is 15.5. The monoisotopic (exact) mass is 290 g/mol. The summed E-state index contributed by atoms with van der Waals surface area (Å²) in [6.07, 6.45) is 8.57. The van der Waals surface area contributed by atoms with Crippen molar-refractivity contribution < 1.29 is 9.53 Å². The highest BCUT2D eigenvalue weighted by molar-refractivity contribution is 5.69. The van der Waals surface area contributed by atoms with Crippen molar-refractivity contribution in [3.8, 4) is 0 Å². The van der Waals surface area contributed by atoms with Crippen LogP contribution in [0.4, 0.5) is 0 Å². The Morgan fingerprint density at radius 3 is 2.10 bits per heavy atom. The van der Waals surface area contributed by atoms with Gasteiger partial charge in [0.25, 0.3) is 0 Å². The molecule has 2 heteroatoms. The van der Waals surface area contributed by atoms with Crippen molar-refractivity contribution in [2.75, 3.05) is 0 Å². The van der Waals surface area contributed by atoms with Crippen molar-refractivity contribution in [1.82, 2.24) is 0 Å². The molecular formula is C19H30O2. The van der Waals surface area contributed by atoms with Crippen molar-refractivity contribution >= 4 is 5.97 Å². The molecule has 0 aliphatic rings. The summed E-state index contributed by atoms with van der Waals surface area (Å²) < 4.78 is 5.27. The number of esters is 1. The molecule has 0 N–H and O–H groups in total. The molecule has 0 saturated carbocycles. The number of ether oxygens (including phenoxy) is 1. The molecule has 0 spiro atoms. The summed E-state index contributed by atoms with van der Waals surface area (Å²) in [7, 11) is 0. The molecule has 1 rings (SSSR count). The van der Waals surface area contributed by atoms with E-state index < -0.39 is 0 Å². The largest absolute Gasteiger partial charge is 0.463 e. The van der Waals surface area contributed by atoms with Gasteiger partial charge in [-0.2, -0.15) is 0 Å². The van der Waals surface area contributed by atoms with Crippen LogP contribution in [-0.4, -0.2) is 12.1 Å². The van der Waals surface area contributed by atoms with Crippen LogP contribution < -0.4 is 0 Å². The van der Waals surface area contributed by atoms with Crippen molar-refractivity contribution in [2.24, 2.45) is 0 Å². The second kappa shape index (κ2) is 10.4. The summed E-state index contributed by atoms with van der Waals surface area (Å²) in [6, 6.07) is 9.03.